The van der Waals surface area contributed by atoms with Gasteiger partial charge in [-0.05, 0) is 37.6 Å². The van der Waals surface area contributed by atoms with Crippen LogP contribution in [-0.4, -0.2) is 21.5 Å². The minimum atomic E-state index is -0.181. The van der Waals surface area contributed by atoms with E-state index in [1.54, 1.807) is 12.3 Å². The van der Waals surface area contributed by atoms with Crippen LogP contribution in [0.3, 0.4) is 0 Å². The lowest BCUT2D eigenvalue weighted by atomic mass is 10.1. The van der Waals surface area contributed by atoms with Gasteiger partial charge in [-0.25, -0.2) is 0 Å². The van der Waals surface area contributed by atoms with Gasteiger partial charge in [0.2, 0.25) is 5.91 Å². The predicted octanol–water partition coefficient (Wildman–Crippen LogP) is 2.45. The molecule has 0 bridgehead atoms. The molecule has 0 aliphatic heterocycles. The van der Waals surface area contributed by atoms with Crippen molar-refractivity contribution in [1.82, 2.24) is 14.9 Å². The van der Waals surface area contributed by atoms with E-state index >= 15 is 0 Å². The maximum atomic E-state index is 12.4. The minimum absolute atomic E-state index is 0.00614. The van der Waals surface area contributed by atoms with Crippen LogP contribution in [0.15, 0.2) is 59.5 Å². The molecule has 128 valence electrons. The fourth-order valence-electron chi connectivity index (χ4n) is 3.01. The van der Waals surface area contributed by atoms with Crippen molar-refractivity contribution in [1.29, 1.82) is 0 Å². The number of carbonyl (C=O) groups is 1. The second-order valence-corrected chi connectivity index (χ2v) is 6.26. The number of rotatable bonds is 5. The number of benzene rings is 1. The van der Waals surface area contributed by atoms with Gasteiger partial charge in [-0.2, -0.15) is 0 Å². The SMILES string of the molecule is Cc1cc(=O)n(CC(=O)N[C@H](C)Cc2ccccn2)c2ccccc12. The van der Waals surface area contributed by atoms with Crippen molar-refractivity contribution in [3.8, 4) is 0 Å². The summed E-state index contributed by atoms with van der Waals surface area (Å²) in [4.78, 5) is 29.0. The first-order chi connectivity index (χ1) is 12.0. The molecule has 0 aliphatic rings. The van der Waals surface area contributed by atoms with Crippen LogP contribution in [0.25, 0.3) is 10.9 Å². The number of carbonyl (C=O) groups excluding carboxylic acids is 1. The van der Waals surface area contributed by atoms with E-state index in [9.17, 15) is 9.59 Å². The van der Waals surface area contributed by atoms with Gasteiger partial charge < -0.3 is 5.32 Å². The Kier molecular flexibility index (Phi) is 4.93. The zero-order chi connectivity index (χ0) is 17.8. The van der Waals surface area contributed by atoms with Crippen LogP contribution < -0.4 is 10.9 Å². The third-order valence-corrected chi connectivity index (χ3v) is 4.18. The molecule has 5 nitrogen and oxygen atoms in total. The molecule has 25 heavy (non-hydrogen) atoms. The van der Waals surface area contributed by atoms with Crippen molar-refractivity contribution in [3.05, 3.63) is 76.3 Å². The van der Waals surface area contributed by atoms with Crippen LogP contribution in [0.5, 0.6) is 0 Å². The molecule has 1 aromatic carbocycles. The third-order valence-electron chi connectivity index (χ3n) is 4.18. The monoisotopic (exact) mass is 335 g/mol. The van der Waals surface area contributed by atoms with Crippen molar-refractivity contribution in [2.75, 3.05) is 0 Å². The van der Waals surface area contributed by atoms with Gasteiger partial charge in [-0.3, -0.25) is 19.1 Å². The van der Waals surface area contributed by atoms with Crippen molar-refractivity contribution < 1.29 is 4.79 Å². The number of hydrogen-bond acceptors (Lipinski definition) is 3. The van der Waals surface area contributed by atoms with Gasteiger partial charge in [-0.1, -0.05) is 24.3 Å². The molecule has 0 unspecified atom stereocenters. The van der Waals surface area contributed by atoms with E-state index < -0.39 is 0 Å². The summed E-state index contributed by atoms with van der Waals surface area (Å²) in [7, 11) is 0. The maximum absolute atomic E-state index is 12.4. The Morgan fingerprint density at radius 3 is 2.72 bits per heavy atom. The van der Waals surface area contributed by atoms with E-state index in [0.717, 1.165) is 22.2 Å². The standard InChI is InChI=1S/C20H21N3O2/c1-14-11-20(25)23(18-9-4-3-8-17(14)18)13-19(24)22-15(2)12-16-7-5-6-10-21-16/h3-11,15H,12-13H2,1-2H3,(H,22,24)/t15-/m1/s1. The Balaban J connectivity index is 1.75. The van der Waals surface area contributed by atoms with E-state index in [1.807, 2.05) is 56.3 Å². The molecule has 3 aromatic rings. The number of fused-ring (bicyclic) bond motifs is 1. The first-order valence-corrected chi connectivity index (χ1v) is 8.33. The highest BCUT2D eigenvalue weighted by Gasteiger charge is 2.12. The van der Waals surface area contributed by atoms with Crippen molar-refractivity contribution in [3.63, 3.8) is 0 Å². The summed E-state index contributed by atoms with van der Waals surface area (Å²) in [6.07, 6.45) is 2.39. The van der Waals surface area contributed by atoms with Gasteiger partial charge in [0.25, 0.3) is 5.56 Å². The molecule has 1 atom stereocenters. The molecular formula is C20H21N3O2. The highest BCUT2D eigenvalue weighted by atomic mass is 16.2. The zero-order valence-corrected chi connectivity index (χ0v) is 14.4. The molecule has 1 amide bonds. The van der Waals surface area contributed by atoms with Crippen molar-refractivity contribution in [2.24, 2.45) is 0 Å². The largest absolute Gasteiger partial charge is 0.352 e. The van der Waals surface area contributed by atoms with Crippen LogP contribution in [-0.2, 0) is 17.8 Å². The van der Waals surface area contributed by atoms with Crippen LogP contribution in [0.2, 0.25) is 0 Å². The number of amides is 1. The third kappa shape index (κ3) is 3.94. The Morgan fingerprint density at radius 1 is 1.20 bits per heavy atom. The number of para-hydroxylation sites is 1. The smallest absolute Gasteiger partial charge is 0.251 e. The number of aryl methyl sites for hydroxylation is 1. The lowest BCUT2D eigenvalue weighted by molar-refractivity contribution is -0.122. The number of hydrogen-bond donors (Lipinski definition) is 1. The molecule has 2 heterocycles. The van der Waals surface area contributed by atoms with Gasteiger partial charge in [0.15, 0.2) is 0 Å². The normalized spacial score (nSPS) is 12.1. The summed E-state index contributed by atoms with van der Waals surface area (Å²) in [6.45, 7) is 3.85. The first kappa shape index (κ1) is 16.9. The molecule has 0 saturated carbocycles. The number of aromatic nitrogens is 2. The Bertz CT molecular complexity index is 948. The Hall–Kier alpha value is -2.95. The highest BCUT2D eigenvalue weighted by Crippen LogP contribution is 2.15. The molecule has 5 heteroatoms. The van der Waals surface area contributed by atoms with E-state index in [4.69, 9.17) is 0 Å². The second kappa shape index (κ2) is 7.30. The van der Waals surface area contributed by atoms with E-state index in [2.05, 4.69) is 10.3 Å². The molecule has 0 aliphatic carbocycles. The lowest BCUT2D eigenvalue weighted by Gasteiger charge is -2.16. The summed E-state index contributed by atoms with van der Waals surface area (Å²) in [5.41, 5.74) is 2.46. The van der Waals surface area contributed by atoms with Crippen LogP contribution in [0, 0.1) is 6.92 Å². The Morgan fingerprint density at radius 2 is 1.96 bits per heavy atom. The van der Waals surface area contributed by atoms with Crippen LogP contribution in [0.1, 0.15) is 18.2 Å². The molecule has 3 rings (SSSR count). The average Bonchev–Trinajstić information content (AvgIpc) is 2.59. The fraction of sp³-hybridized carbons (Fsp3) is 0.250. The van der Waals surface area contributed by atoms with Crippen LogP contribution >= 0.6 is 0 Å². The van der Waals surface area contributed by atoms with E-state index in [-0.39, 0.29) is 24.1 Å². The van der Waals surface area contributed by atoms with Crippen LogP contribution in [0.4, 0.5) is 0 Å². The van der Waals surface area contributed by atoms with Gasteiger partial charge in [0.05, 0.1) is 5.52 Å². The number of nitrogens with zero attached hydrogens (tertiary/aromatic N) is 2. The van der Waals surface area contributed by atoms with Crippen molar-refractivity contribution >= 4 is 16.8 Å². The molecule has 0 saturated heterocycles. The second-order valence-electron chi connectivity index (χ2n) is 6.26. The molecule has 0 spiro atoms. The quantitative estimate of drug-likeness (QED) is 0.779. The zero-order valence-electron chi connectivity index (χ0n) is 14.4. The van der Waals surface area contributed by atoms with E-state index in [0.29, 0.717) is 6.42 Å². The molecule has 2 aromatic heterocycles. The molecule has 1 N–H and O–H groups in total. The molecule has 0 radical (unpaired) electrons. The van der Waals surface area contributed by atoms with Crippen molar-refractivity contribution in [2.45, 2.75) is 32.9 Å². The van der Waals surface area contributed by atoms with Gasteiger partial charge in [0.1, 0.15) is 6.54 Å². The summed E-state index contributed by atoms with van der Waals surface area (Å²) < 4.78 is 1.52. The lowest BCUT2D eigenvalue weighted by Crippen LogP contribution is -2.38. The highest BCUT2D eigenvalue weighted by molar-refractivity contribution is 5.84. The first-order valence-electron chi connectivity index (χ1n) is 8.33. The summed E-state index contributed by atoms with van der Waals surface area (Å²) >= 11 is 0. The molecular weight excluding hydrogens is 314 g/mol. The number of pyridine rings is 2. The van der Waals surface area contributed by atoms with E-state index in [1.165, 1.54) is 4.57 Å². The summed E-state index contributed by atoms with van der Waals surface area (Å²) in [6, 6.07) is 14.9. The topological polar surface area (TPSA) is 64.0 Å². The average molecular weight is 335 g/mol. The van der Waals surface area contributed by atoms with Gasteiger partial charge >= 0.3 is 0 Å². The predicted molar refractivity (Wildman–Crippen MR) is 98.5 cm³/mol. The Labute approximate surface area is 146 Å². The summed E-state index contributed by atoms with van der Waals surface area (Å²) in [5.74, 6) is -0.181. The molecule has 0 fully saturated rings. The van der Waals surface area contributed by atoms with Gasteiger partial charge in [0, 0.05) is 35.8 Å². The fourth-order valence-corrected chi connectivity index (χ4v) is 3.01. The van der Waals surface area contributed by atoms with Gasteiger partial charge in [-0.15, -0.1) is 0 Å². The minimum Gasteiger partial charge on any atom is -0.352 e. The summed E-state index contributed by atoms with van der Waals surface area (Å²) in [5, 5.41) is 3.93. The maximum Gasteiger partial charge on any atom is 0.251 e. The number of nitrogens with one attached hydrogen (secondary N) is 1.